The summed E-state index contributed by atoms with van der Waals surface area (Å²) in [6.45, 7) is 24.7. The van der Waals surface area contributed by atoms with Crippen LogP contribution in [0.15, 0.2) is 0 Å². The van der Waals surface area contributed by atoms with E-state index < -0.39 is 5.97 Å². The molecule has 0 aromatic carbocycles. The SMILES string of the molecule is CCCCCCCCCCCCCCC(=O)OC.CCCCCCCCCCCCCCCC(=O)OC.CCCCCCCCCCCCCCCC(=O)OC(C)C.CCCCCCCCCCCCCCCC(=O)OCC.CCCCCCCCCCCCCCCC(=O)OCCC.CCCCCCCCCCCCCCCC(=O)[O-].CCCCCCCCCCCCCCCC(N)=O.[Na+]. The van der Waals surface area contributed by atoms with Crippen LogP contribution < -0.4 is 40.4 Å². The molecule has 0 unspecified atom stereocenters. The van der Waals surface area contributed by atoms with Crippen LogP contribution in [0, 0.1) is 0 Å². The number of carboxylic acids is 1. The van der Waals surface area contributed by atoms with E-state index in [4.69, 9.17) is 19.9 Å². The minimum atomic E-state index is -0.905. The Labute approximate surface area is 872 Å². The molecule has 0 aliphatic carbocycles. The average Bonchev–Trinajstić information content (AvgIpc) is 1.00. The zero-order chi connectivity index (χ0) is 101. The number of carbonyl (C=O) groups is 7. The molecular weight excluding hydrogens is 1700 g/mol. The van der Waals surface area contributed by atoms with Crippen molar-refractivity contribution in [3.05, 3.63) is 0 Å². The van der Waals surface area contributed by atoms with Crippen molar-refractivity contribution in [3.63, 3.8) is 0 Å². The maximum absolute atomic E-state index is 11.3. The van der Waals surface area contributed by atoms with E-state index in [9.17, 15) is 38.7 Å². The smallest absolute Gasteiger partial charge is 0.550 e. The van der Waals surface area contributed by atoms with Crippen LogP contribution in [-0.4, -0.2) is 75.3 Å². The van der Waals surface area contributed by atoms with Crippen LogP contribution >= 0.6 is 0 Å². The van der Waals surface area contributed by atoms with Crippen molar-refractivity contribution in [2.75, 3.05) is 27.4 Å². The normalized spacial score (nSPS) is 10.7. The molecule has 0 aromatic rings. The van der Waals surface area contributed by atoms with Crippen molar-refractivity contribution in [1.82, 2.24) is 0 Å². The zero-order valence-corrected chi connectivity index (χ0v) is 96.7. The minimum Gasteiger partial charge on any atom is -0.550 e. The first kappa shape index (κ1) is 149. The number of nitrogens with two attached hydrogens (primary N) is 1. The summed E-state index contributed by atoms with van der Waals surface area (Å²) < 4.78 is 24.3. The number of carboxylic acid groups (broad SMARTS) is 1. The van der Waals surface area contributed by atoms with Gasteiger partial charge in [0.2, 0.25) is 5.91 Å². The summed E-state index contributed by atoms with van der Waals surface area (Å²) in [5.41, 5.74) is 5.09. The molecule has 0 radical (unpaired) electrons. The molecule has 0 bridgehead atoms. The first-order valence-electron chi connectivity index (χ1n) is 60.1. The van der Waals surface area contributed by atoms with Crippen LogP contribution in [0.4, 0.5) is 0 Å². The van der Waals surface area contributed by atoms with Crippen LogP contribution in [0.2, 0.25) is 0 Å². The number of hydrogen-bond donors (Lipinski definition) is 1. The van der Waals surface area contributed by atoms with Gasteiger partial charge in [0.1, 0.15) is 0 Å². The van der Waals surface area contributed by atoms with Gasteiger partial charge < -0.3 is 39.3 Å². The summed E-state index contributed by atoms with van der Waals surface area (Å²) >= 11 is 0. The number of rotatable bonds is 101. The quantitative estimate of drug-likeness (QED) is 0.0260. The molecule has 136 heavy (non-hydrogen) atoms. The van der Waals surface area contributed by atoms with Crippen molar-refractivity contribution in [2.45, 2.75) is 712 Å². The van der Waals surface area contributed by atoms with Crippen molar-refractivity contribution in [1.29, 1.82) is 0 Å². The van der Waals surface area contributed by atoms with E-state index in [1.165, 1.54) is 541 Å². The zero-order valence-electron chi connectivity index (χ0n) is 94.7. The van der Waals surface area contributed by atoms with Crippen LogP contribution in [0.3, 0.4) is 0 Å². The summed E-state index contributed by atoms with van der Waals surface area (Å²) in [4.78, 5) is 76.2. The molecular formula is C121H242NNaO13. The van der Waals surface area contributed by atoms with E-state index in [0.29, 0.717) is 51.7 Å². The fourth-order valence-corrected chi connectivity index (χ4v) is 16.9. The van der Waals surface area contributed by atoms with Gasteiger partial charge in [-0.25, -0.2) is 0 Å². The maximum atomic E-state index is 11.3. The molecule has 810 valence electrons. The molecule has 0 aromatic heterocycles. The van der Waals surface area contributed by atoms with Gasteiger partial charge in [0.05, 0.1) is 33.5 Å². The fourth-order valence-electron chi connectivity index (χ4n) is 16.9. The second-order valence-corrected chi connectivity index (χ2v) is 40.1. The summed E-state index contributed by atoms with van der Waals surface area (Å²) in [6, 6.07) is 0. The molecule has 0 spiro atoms. The number of unbranched alkanes of at least 4 members (excludes halogenated alkanes) is 83. The van der Waals surface area contributed by atoms with Gasteiger partial charge >= 0.3 is 59.4 Å². The largest absolute Gasteiger partial charge is 1.00 e. The Balaban J connectivity index is -0.000000234. The molecule has 0 heterocycles. The van der Waals surface area contributed by atoms with Gasteiger partial charge in [0.15, 0.2) is 0 Å². The van der Waals surface area contributed by atoms with Gasteiger partial charge in [-0.2, -0.15) is 0 Å². The molecule has 0 aliphatic heterocycles. The molecule has 0 fully saturated rings. The Morgan fingerprint density at radius 3 is 0.493 bits per heavy atom. The fraction of sp³-hybridized carbons (Fsp3) is 0.942. The number of carbonyl (C=O) groups excluding carboxylic acids is 7. The first-order chi connectivity index (χ1) is 65.9. The van der Waals surface area contributed by atoms with E-state index >= 15 is 0 Å². The summed E-state index contributed by atoms with van der Waals surface area (Å²) in [6.07, 6.45) is 124. The van der Waals surface area contributed by atoms with Crippen LogP contribution in [0.25, 0.3) is 0 Å². The third-order valence-electron chi connectivity index (χ3n) is 25.8. The molecule has 2 N–H and O–H groups in total. The third kappa shape index (κ3) is 165. The number of primary amides is 1. The van der Waals surface area contributed by atoms with Crippen molar-refractivity contribution in [2.24, 2.45) is 5.73 Å². The number of ether oxygens (including phenoxy) is 5. The maximum Gasteiger partial charge on any atom is 1.00 e. The van der Waals surface area contributed by atoms with Crippen molar-refractivity contribution in [3.8, 4) is 0 Å². The van der Waals surface area contributed by atoms with Crippen molar-refractivity contribution >= 4 is 41.7 Å². The molecule has 0 aliphatic rings. The minimum absolute atomic E-state index is 0. The molecule has 0 saturated heterocycles. The predicted octanol–water partition coefficient (Wildman–Crippen LogP) is 35.9. The average molecular weight is 1940 g/mol. The van der Waals surface area contributed by atoms with Gasteiger partial charge in [-0.15, -0.1) is 0 Å². The van der Waals surface area contributed by atoms with Crippen LogP contribution in [0.5, 0.6) is 0 Å². The molecule has 0 atom stereocenters. The van der Waals surface area contributed by atoms with Gasteiger partial charge in [0.25, 0.3) is 0 Å². The molecule has 14 nitrogen and oxygen atoms in total. The van der Waals surface area contributed by atoms with E-state index in [0.717, 1.165) is 57.8 Å². The Bertz CT molecular complexity index is 2180. The monoisotopic (exact) mass is 1940 g/mol. The van der Waals surface area contributed by atoms with Crippen LogP contribution in [0.1, 0.15) is 705 Å². The van der Waals surface area contributed by atoms with Gasteiger partial charge in [0, 0.05) is 44.5 Å². The molecule has 15 heteroatoms. The van der Waals surface area contributed by atoms with Gasteiger partial charge in [-0.05, 0) is 78.6 Å². The number of aliphatic carboxylic acids is 1. The summed E-state index contributed by atoms with van der Waals surface area (Å²) in [5, 5.41) is 10.2. The third-order valence-corrected chi connectivity index (χ3v) is 25.8. The topological polar surface area (TPSA) is 215 Å². The number of hydrogen-bond acceptors (Lipinski definition) is 13. The standard InChI is InChI=1S/2C19H38O2.C18H36O2.C17H34O2.C16H33NO.2C16H32O2.Na/c1-4-5-6-7-8-9-10-11-12-13-14-15-16-17-19(20)21-18(2)3;1-3-5-6-7-8-9-10-11-12-13-14-15-16-17-19(20)21-18-4-2;1-3-5-6-7-8-9-10-11-12-13-14-15-16-17-18(19)20-4-2;1-3-4-5-6-7-8-9-10-11-12-13-14-15-16-17(18)19-2;1-2-3-4-5-6-7-8-9-10-11-12-13-14-15-16(17)18;1-3-4-5-6-7-8-9-10-11-12-13-14-15-16(17)18-2;1-2-3-4-5-6-7-8-9-10-11-12-13-14-15-16(17)18;/h18H,4-17H2,1-3H3;3-18H2,1-2H3;3-17H2,1-2H3;3-16H2,1-2H3;2-15H2,1H3,(H2,17,18);3-15H2,1-2H3;2-15H2,1H3,(H,17,18);/q;;;;;;;+1/p-1. The Morgan fingerprint density at radius 1 is 0.199 bits per heavy atom. The van der Waals surface area contributed by atoms with Crippen LogP contribution in [-0.2, 0) is 57.2 Å². The van der Waals surface area contributed by atoms with E-state index in [1.807, 2.05) is 27.7 Å². The molecule has 1 amide bonds. The second-order valence-electron chi connectivity index (χ2n) is 40.1. The van der Waals surface area contributed by atoms with Gasteiger partial charge in [-0.1, -0.05) is 588 Å². The first-order valence-corrected chi connectivity index (χ1v) is 60.1. The van der Waals surface area contributed by atoms with E-state index in [2.05, 4.69) is 57.9 Å². The summed E-state index contributed by atoms with van der Waals surface area (Å²) in [5.74, 6) is -1.27. The van der Waals surface area contributed by atoms with E-state index in [-0.39, 0.29) is 77.8 Å². The summed E-state index contributed by atoms with van der Waals surface area (Å²) in [7, 11) is 2.92. The Kier molecular flexibility index (Phi) is 156. The van der Waals surface area contributed by atoms with Crippen molar-refractivity contribution < 1.29 is 91.9 Å². The van der Waals surface area contributed by atoms with E-state index in [1.54, 1.807) is 0 Å². The second kappa shape index (κ2) is 143. The number of methoxy groups -OCH3 is 2. The molecule has 0 rings (SSSR count). The van der Waals surface area contributed by atoms with Gasteiger partial charge in [-0.3, -0.25) is 28.8 Å². The Hall–Kier alpha value is -2.71. The Morgan fingerprint density at radius 2 is 0.346 bits per heavy atom. The number of esters is 5. The number of amides is 1. The predicted molar refractivity (Wildman–Crippen MR) is 585 cm³/mol. The molecule has 0 saturated carbocycles.